The number of anilines is 1. The first kappa shape index (κ1) is 8.25. The maximum Gasteiger partial charge on any atom is 0.177 e. The minimum absolute atomic E-state index is 0.182. The zero-order valence-electron chi connectivity index (χ0n) is 5.97. The van der Waals surface area contributed by atoms with Crippen LogP contribution >= 0.6 is 33.9 Å². The van der Waals surface area contributed by atoms with Gasteiger partial charge in [-0.05, 0) is 40.8 Å². The van der Waals surface area contributed by atoms with E-state index in [1.807, 2.05) is 12.1 Å². The number of hydrogen-bond acceptors (Lipinski definition) is 2. The van der Waals surface area contributed by atoms with Gasteiger partial charge < -0.3 is 5.73 Å². The SMILES string of the molecule is Nc1c(I)ccc2sc(F)cc12. The average molecular weight is 293 g/mol. The molecule has 1 aromatic heterocycles. The van der Waals surface area contributed by atoms with E-state index in [2.05, 4.69) is 22.6 Å². The molecule has 0 unspecified atom stereocenters. The van der Waals surface area contributed by atoms with E-state index < -0.39 is 0 Å². The molecule has 2 aromatic rings. The Morgan fingerprint density at radius 1 is 1.42 bits per heavy atom. The number of fused-ring (bicyclic) bond motifs is 1. The Morgan fingerprint density at radius 2 is 2.17 bits per heavy atom. The third-order valence-electron chi connectivity index (χ3n) is 1.66. The van der Waals surface area contributed by atoms with Crippen molar-refractivity contribution in [1.82, 2.24) is 0 Å². The number of hydrogen-bond donors (Lipinski definition) is 1. The molecule has 0 amide bonds. The Morgan fingerprint density at radius 3 is 2.92 bits per heavy atom. The molecule has 0 aliphatic carbocycles. The van der Waals surface area contributed by atoms with E-state index in [1.165, 1.54) is 6.07 Å². The van der Waals surface area contributed by atoms with Crippen LogP contribution in [0.5, 0.6) is 0 Å². The number of halogens is 2. The van der Waals surface area contributed by atoms with Crippen molar-refractivity contribution in [3.8, 4) is 0 Å². The number of thiophene rings is 1. The highest BCUT2D eigenvalue weighted by Crippen LogP contribution is 2.31. The van der Waals surface area contributed by atoms with Crippen molar-refractivity contribution in [2.24, 2.45) is 0 Å². The second-order valence-corrected chi connectivity index (χ2v) is 4.62. The average Bonchev–Trinajstić information content (AvgIpc) is 2.39. The van der Waals surface area contributed by atoms with Crippen LogP contribution < -0.4 is 5.73 Å². The first-order valence-corrected chi connectivity index (χ1v) is 5.21. The molecule has 2 N–H and O–H groups in total. The summed E-state index contributed by atoms with van der Waals surface area (Å²) < 4.78 is 14.7. The number of nitrogen functional groups attached to an aromatic ring is 1. The van der Waals surface area contributed by atoms with Gasteiger partial charge in [0.05, 0.1) is 5.69 Å². The van der Waals surface area contributed by atoms with Gasteiger partial charge in [-0.15, -0.1) is 11.3 Å². The zero-order valence-corrected chi connectivity index (χ0v) is 8.95. The highest BCUT2D eigenvalue weighted by molar-refractivity contribution is 14.1. The largest absolute Gasteiger partial charge is 0.397 e. The maximum atomic E-state index is 12.8. The number of nitrogens with two attached hydrogens (primary N) is 1. The molecule has 0 spiro atoms. The molecule has 12 heavy (non-hydrogen) atoms. The normalized spacial score (nSPS) is 10.8. The fourth-order valence-electron chi connectivity index (χ4n) is 1.08. The van der Waals surface area contributed by atoms with Crippen LogP contribution in [-0.2, 0) is 0 Å². The van der Waals surface area contributed by atoms with Crippen LogP contribution in [0.3, 0.4) is 0 Å². The van der Waals surface area contributed by atoms with Crippen LogP contribution in [-0.4, -0.2) is 0 Å². The predicted octanol–water partition coefficient (Wildman–Crippen LogP) is 3.23. The third-order valence-corrected chi connectivity index (χ3v) is 3.49. The van der Waals surface area contributed by atoms with Crippen LogP contribution in [0.2, 0.25) is 0 Å². The Bertz CT molecular complexity index is 438. The molecule has 4 heteroatoms. The molecule has 1 heterocycles. The van der Waals surface area contributed by atoms with Gasteiger partial charge in [0.25, 0.3) is 0 Å². The minimum atomic E-state index is -0.182. The fourth-order valence-corrected chi connectivity index (χ4v) is 2.35. The van der Waals surface area contributed by atoms with Crippen molar-refractivity contribution in [3.63, 3.8) is 0 Å². The highest BCUT2D eigenvalue weighted by atomic mass is 127. The summed E-state index contributed by atoms with van der Waals surface area (Å²) in [5.41, 5.74) is 6.44. The molecule has 0 atom stereocenters. The summed E-state index contributed by atoms with van der Waals surface area (Å²) in [6, 6.07) is 5.27. The van der Waals surface area contributed by atoms with E-state index in [9.17, 15) is 4.39 Å². The van der Waals surface area contributed by atoms with Gasteiger partial charge in [0.1, 0.15) is 0 Å². The van der Waals surface area contributed by atoms with Crippen molar-refractivity contribution in [3.05, 3.63) is 26.9 Å². The summed E-state index contributed by atoms with van der Waals surface area (Å²) >= 11 is 3.26. The van der Waals surface area contributed by atoms with Crippen LogP contribution in [0.15, 0.2) is 18.2 Å². The number of rotatable bonds is 0. The zero-order chi connectivity index (χ0) is 8.72. The molecule has 1 nitrogen and oxygen atoms in total. The quantitative estimate of drug-likeness (QED) is 0.586. The molecular formula is C8H5FINS. The van der Waals surface area contributed by atoms with E-state index in [1.54, 1.807) is 0 Å². The molecule has 0 saturated heterocycles. The molecule has 0 fully saturated rings. The second kappa shape index (κ2) is 2.85. The molecule has 0 aliphatic rings. The van der Waals surface area contributed by atoms with Crippen LogP contribution in [0.1, 0.15) is 0 Å². The molecule has 0 saturated carbocycles. The summed E-state index contributed by atoms with van der Waals surface area (Å²) in [5.74, 6) is 0. The third kappa shape index (κ3) is 1.19. The van der Waals surface area contributed by atoms with Gasteiger partial charge in [0.15, 0.2) is 5.13 Å². The molecule has 0 aliphatic heterocycles. The van der Waals surface area contributed by atoms with Crippen LogP contribution in [0, 0.1) is 8.70 Å². The lowest BCUT2D eigenvalue weighted by molar-refractivity contribution is 0.658. The molecule has 0 radical (unpaired) electrons. The van der Waals surface area contributed by atoms with Gasteiger partial charge in [-0.25, -0.2) is 0 Å². The summed E-state index contributed by atoms with van der Waals surface area (Å²) in [6.45, 7) is 0. The predicted molar refractivity (Wildman–Crippen MR) is 58.9 cm³/mol. The van der Waals surface area contributed by atoms with Gasteiger partial charge in [0, 0.05) is 13.7 Å². The summed E-state index contributed by atoms with van der Waals surface area (Å²) in [5, 5.41) is 0.642. The monoisotopic (exact) mass is 293 g/mol. The van der Waals surface area contributed by atoms with E-state index in [4.69, 9.17) is 5.73 Å². The second-order valence-electron chi connectivity index (χ2n) is 2.42. The fraction of sp³-hybridized carbons (Fsp3) is 0. The van der Waals surface area contributed by atoms with Gasteiger partial charge in [-0.2, -0.15) is 4.39 Å². The Hall–Kier alpha value is -0.360. The van der Waals surface area contributed by atoms with Gasteiger partial charge >= 0.3 is 0 Å². The van der Waals surface area contributed by atoms with E-state index in [0.717, 1.165) is 25.0 Å². The molecule has 0 bridgehead atoms. The van der Waals surface area contributed by atoms with Crippen molar-refractivity contribution >= 4 is 49.7 Å². The lowest BCUT2D eigenvalue weighted by atomic mass is 10.2. The molecule has 62 valence electrons. The van der Waals surface area contributed by atoms with E-state index >= 15 is 0 Å². The molecule has 1 aromatic carbocycles. The van der Waals surface area contributed by atoms with Crippen molar-refractivity contribution < 1.29 is 4.39 Å². The Labute approximate surface area is 86.5 Å². The van der Waals surface area contributed by atoms with Crippen LogP contribution in [0.25, 0.3) is 10.1 Å². The van der Waals surface area contributed by atoms with E-state index in [0.29, 0.717) is 5.69 Å². The lowest BCUT2D eigenvalue weighted by Crippen LogP contribution is -1.88. The smallest absolute Gasteiger partial charge is 0.177 e. The summed E-state index contributed by atoms with van der Waals surface area (Å²) in [4.78, 5) is 0. The van der Waals surface area contributed by atoms with Crippen molar-refractivity contribution in [1.29, 1.82) is 0 Å². The molecular weight excluding hydrogens is 288 g/mol. The van der Waals surface area contributed by atoms with Crippen molar-refractivity contribution in [2.45, 2.75) is 0 Å². The first-order valence-electron chi connectivity index (χ1n) is 3.31. The highest BCUT2D eigenvalue weighted by Gasteiger charge is 2.05. The van der Waals surface area contributed by atoms with Gasteiger partial charge in [0.2, 0.25) is 0 Å². The Kier molecular flexibility index (Phi) is 1.96. The van der Waals surface area contributed by atoms with Gasteiger partial charge in [-0.1, -0.05) is 0 Å². The molecule has 2 rings (SSSR count). The Balaban J connectivity index is 2.89. The lowest BCUT2D eigenvalue weighted by Gasteiger charge is -1.97. The summed E-state index contributed by atoms with van der Waals surface area (Å²) in [7, 11) is 0. The standard InChI is InChI=1S/C8H5FINS/c9-7-3-4-6(12-7)2-1-5(10)8(4)11/h1-3H,11H2. The first-order chi connectivity index (χ1) is 5.68. The maximum absolute atomic E-state index is 12.8. The van der Waals surface area contributed by atoms with Crippen LogP contribution in [0.4, 0.5) is 10.1 Å². The van der Waals surface area contributed by atoms with E-state index in [-0.39, 0.29) is 5.13 Å². The minimum Gasteiger partial charge on any atom is -0.397 e. The summed E-state index contributed by atoms with van der Waals surface area (Å²) in [6.07, 6.45) is 0. The van der Waals surface area contributed by atoms with Crippen molar-refractivity contribution in [2.75, 3.05) is 5.73 Å². The van der Waals surface area contributed by atoms with Gasteiger partial charge in [-0.3, -0.25) is 0 Å². The topological polar surface area (TPSA) is 26.0 Å². The number of benzene rings is 1.